The molecule has 0 aliphatic heterocycles. The van der Waals surface area contributed by atoms with Crippen LogP contribution in [0, 0.1) is 24.0 Å². The minimum atomic E-state index is -0.446. The molecule has 0 radical (unpaired) electrons. The zero-order valence-electron chi connectivity index (χ0n) is 13.9. The average Bonchev–Trinajstić information content (AvgIpc) is 3.01. The molecule has 128 valence electrons. The van der Waals surface area contributed by atoms with Crippen molar-refractivity contribution in [3.05, 3.63) is 57.9 Å². The number of nitrogens with one attached hydrogen (secondary N) is 1. The Kier molecular flexibility index (Phi) is 4.38. The normalized spacial score (nSPS) is 12.0. The quantitative estimate of drug-likeness (QED) is 0.555. The van der Waals surface area contributed by atoms with E-state index in [1.54, 1.807) is 25.1 Å². The van der Waals surface area contributed by atoms with E-state index in [0.717, 1.165) is 5.69 Å². The van der Waals surface area contributed by atoms with Gasteiger partial charge in [-0.15, -0.1) is 10.2 Å². The Hall–Kier alpha value is -3.36. The average molecular weight is 340 g/mol. The topological polar surface area (TPSA) is 120 Å². The van der Waals surface area contributed by atoms with Gasteiger partial charge in [-0.25, -0.2) is 9.97 Å². The zero-order chi connectivity index (χ0) is 18.0. The highest BCUT2D eigenvalue weighted by molar-refractivity contribution is 5.61. The Morgan fingerprint density at radius 1 is 1.20 bits per heavy atom. The number of nitrogens with zero attached hydrogens (tertiary/aromatic N) is 5. The molecule has 0 aliphatic carbocycles. The van der Waals surface area contributed by atoms with E-state index in [9.17, 15) is 10.1 Å². The number of rotatable bonds is 5. The third kappa shape index (κ3) is 3.77. The van der Waals surface area contributed by atoms with E-state index in [0.29, 0.717) is 29.0 Å². The first kappa shape index (κ1) is 16.5. The first-order valence-corrected chi connectivity index (χ1v) is 7.59. The molecule has 0 bridgehead atoms. The third-order valence-electron chi connectivity index (χ3n) is 3.45. The predicted molar refractivity (Wildman–Crippen MR) is 89.9 cm³/mol. The van der Waals surface area contributed by atoms with Crippen molar-refractivity contribution in [1.82, 2.24) is 20.2 Å². The highest BCUT2D eigenvalue weighted by atomic mass is 16.6. The van der Waals surface area contributed by atoms with Crippen molar-refractivity contribution in [1.29, 1.82) is 0 Å². The Labute approximate surface area is 143 Å². The van der Waals surface area contributed by atoms with Crippen LogP contribution in [0.15, 0.2) is 34.7 Å². The number of aryl methyl sites for hydroxylation is 2. The lowest BCUT2D eigenvalue weighted by atomic mass is 10.2. The number of hydrogen-bond donors (Lipinski definition) is 1. The van der Waals surface area contributed by atoms with Gasteiger partial charge in [0.25, 0.3) is 5.69 Å². The van der Waals surface area contributed by atoms with Crippen LogP contribution in [0.5, 0.6) is 0 Å². The van der Waals surface area contributed by atoms with Gasteiger partial charge < -0.3 is 9.73 Å². The maximum absolute atomic E-state index is 11.0. The number of anilines is 1. The number of hydrogen-bond acceptors (Lipinski definition) is 8. The second-order valence-corrected chi connectivity index (χ2v) is 5.55. The van der Waals surface area contributed by atoms with E-state index in [2.05, 4.69) is 25.5 Å². The van der Waals surface area contributed by atoms with Crippen LogP contribution in [0.3, 0.4) is 0 Å². The van der Waals surface area contributed by atoms with Gasteiger partial charge in [0, 0.05) is 36.4 Å². The van der Waals surface area contributed by atoms with E-state index < -0.39 is 4.92 Å². The van der Waals surface area contributed by atoms with Crippen molar-refractivity contribution >= 4 is 11.5 Å². The Balaban J connectivity index is 1.90. The fourth-order valence-corrected chi connectivity index (χ4v) is 2.30. The van der Waals surface area contributed by atoms with Gasteiger partial charge in [0.1, 0.15) is 11.9 Å². The molecule has 1 aromatic carbocycles. The van der Waals surface area contributed by atoms with Gasteiger partial charge in [-0.2, -0.15) is 0 Å². The highest BCUT2D eigenvalue weighted by Gasteiger charge is 2.15. The summed E-state index contributed by atoms with van der Waals surface area (Å²) in [5.74, 6) is 1.91. The van der Waals surface area contributed by atoms with Gasteiger partial charge in [0.2, 0.25) is 11.8 Å². The number of benzene rings is 1. The molecule has 9 nitrogen and oxygen atoms in total. The van der Waals surface area contributed by atoms with Gasteiger partial charge in [-0.05, 0) is 13.8 Å². The number of aromatic nitrogens is 4. The lowest BCUT2D eigenvalue weighted by Gasteiger charge is -2.12. The molecule has 3 rings (SSSR count). The molecule has 2 heterocycles. The summed E-state index contributed by atoms with van der Waals surface area (Å²) in [6.45, 7) is 5.42. The molecule has 0 aliphatic rings. The molecule has 0 amide bonds. The summed E-state index contributed by atoms with van der Waals surface area (Å²) in [6.07, 6.45) is 0. The van der Waals surface area contributed by atoms with Crippen molar-refractivity contribution in [3.8, 4) is 11.4 Å². The minimum absolute atomic E-state index is 0.00758. The molecule has 2 aromatic heterocycles. The lowest BCUT2D eigenvalue weighted by molar-refractivity contribution is -0.384. The van der Waals surface area contributed by atoms with Crippen molar-refractivity contribution in [3.63, 3.8) is 0 Å². The van der Waals surface area contributed by atoms with E-state index in [4.69, 9.17) is 4.42 Å². The maximum atomic E-state index is 11.0. The van der Waals surface area contributed by atoms with Crippen LogP contribution in [0.4, 0.5) is 11.5 Å². The molecule has 25 heavy (non-hydrogen) atoms. The Morgan fingerprint density at radius 2 is 2.00 bits per heavy atom. The smallest absolute Gasteiger partial charge is 0.270 e. The molecule has 0 saturated carbocycles. The van der Waals surface area contributed by atoms with Crippen LogP contribution in [-0.2, 0) is 0 Å². The predicted octanol–water partition coefficient (Wildman–Crippen LogP) is 3.22. The first-order valence-electron chi connectivity index (χ1n) is 7.59. The zero-order valence-corrected chi connectivity index (χ0v) is 13.9. The van der Waals surface area contributed by atoms with Crippen LogP contribution in [0.25, 0.3) is 11.4 Å². The maximum Gasteiger partial charge on any atom is 0.270 e. The van der Waals surface area contributed by atoms with Gasteiger partial charge in [-0.1, -0.05) is 12.1 Å². The van der Waals surface area contributed by atoms with Gasteiger partial charge in [0.15, 0.2) is 5.82 Å². The van der Waals surface area contributed by atoms with Crippen molar-refractivity contribution in [2.75, 3.05) is 5.32 Å². The van der Waals surface area contributed by atoms with Crippen LogP contribution in [0.2, 0.25) is 0 Å². The summed E-state index contributed by atoms with van der Waals surface area (Å²) in [5, 5.41) is 21.9. The molecular weight excluding hydrogens is 324 g/mol. The van der Waals surface area contributed by atoms with Crippen molar-refractivity contribution in [2.45, 2.75) is 26.8 Å². The fourth-order valence-electron chi connectivity index (χ4n) is 2.30. The summed E-state index contributed by atoms with van der Waals surface area (Å²) >= 11 is 0. The monoisotopic (exact) mass is 340 g/mol. The Bertz CT molecular complexity index is 924. The first-order chi connectivity index (χ1) is 11.9. The summed E-state index contributed by atoms with van der Waals surface area (Å²) in [4.78, 5) is 19.3. The van der Waals surface area contributed by atoms with E-state index in [1.165, 1.54) is 12.1 Å². The van der Waals surface area contributed by atoms with E-state index in [-0.39, 0.29) is 11.7 Å². The van der Waals surface area contributed by atoms with Crippen LogP contribution < -0.4 is 5.32 Å². The van der Waals surface area contributed by atoms with Gasteiger partial charge in [0.05, 0.1) is 4.92 Å². The molecular formula is C16H16N6O3. The molecule has 1 atom stereocenters. The summed E-state index contributed by atoms with van der Waals surface area (Å²) in [6, 6.07) is 7.75. The van der Waals surface area contributed by atoms with E-state index >= 15 is 0 Å². The summed E-state index contributed by atoms with van der Waals surface area (Å²) in [5.41, 5.74) is 1.29. The SMILES string of the molecule is Cc1cc(NC(C)c2nnc(C)o2)nc(-c2cccc([N+](=O)[O-])c2)n1. The van der Waals surface area contributed by atoms with Crippen LogP contribution >= 0.6 is 0 Å². The Morgan fingerprint density at radius 3 is 2.68 bits per heavy atom. The number of nitro benzene ring substituents is 1. The standard InChI is InChI=1S/C16H16N6O3/c1-9-7-14(18-10(2)16-21-20-11(3)25-16)19-15(17-9)12-5-4-6-13(8-12)22(23)24/h4-8,10H,1-3H3,(H,17,18,19). The molecule has 1 unspecified atom stereocenters. The van der Waals surface area contributed by atoms with Crippen molar-refractivity contribution < 1.29 is 9.34 Å². The molecule has 0 fully saturated rings. The molecule has 3 aromatic rings. The van der Waals surface area contributed by atoms with Gasteiger partial charge in [-0.3, -0.25) is 10.1 Å². The minimum Gasteiger partial charge on any atom is -0.423 e. The summed E-state index contributed by atoms with van der Waals surface area (Å²) in [7, 11) is 0. The fraction of sp³-hybridized carbons (Fsp3) is 0.250. The second kappa shape index (κ2) is 6.63. The molecule has 9 heteroatoms. The number of nitro groups is 1. The molecule has 0 spiro atoms. The third-order valence-corrected chi connectivity index (χ3v) is 3.45. The second-order valence-electron chi connectivity index (χ2n) is 5.55. The lowest BCUT2D eigenvalue weighted by Crippen LogP contribution is -2.09. The summed E-state index contributed by atoms with van der Waals surface area (Å²) < 4.78 is 5.40. The van der Waals surface area contributed by atoms with Crippen LogP contribution in [-0.4, -0.2) is 25.1 Å². The van der Waals surface area contributed by atoms with Crippen molar-refractivity contribution in [2.24, 2.45) is 0 Å². The number of non-ortho nitro benzene ring substituents is 1. The largest absolute Gasteiger partial charge is 0.423 e. The van der Waals surface area contributed by atoms with Crippen LogP contribution in [0.1, 0.15) is 30.4 Å². The highest BCUT2D eigenvalue weighted by Crippen LogP contribution is 2.24. The molecule has 0 saturated heterocycles. The molecule has 1 N–H and O–H groups in total. The van der Waals surface area contributed by atoms with Gasteiger partial charge >= 0.3 is 0 Å². The van der Waals surface area contributed by atoms with E-state index in [1.807, 2.05) is 13.8 Å².